The van der Waals surface area contributed by atoms with Gasteiger partial charge in [-0.2, -0.15) is 0 Å². The Morgan fingerprint density at radius 3 is 3.05 bits per heavy atom. The molecule has 1 fully saturated rings. The average molecular weight is 265 g/mol. The fraction of sp³-hybridized carbons (Fsp3) is 0.421. The number of aryl methyl sites for hydroxylation is 1. The van der Waals surface area contributed by atoms with Gasteiger partial charge in [-0.3, -0.25) is 4.99 Å². The first kappa shape index (κ1) is 13.4. The second kappa shape index (κ2) is 5.40. The van der Waals surface area contributed by atoms with Crippen LogP contribution in [0.1, 0.15) is 43.7 Å². The van der Waals surface area contributed by atoms with E-state index in [0.29, 0.717) is 0 Å². The molecule has 104 valence electrons. The predicted molar refractivity (Wildman–Crippen MR) is 87.2 cm³/mol. The van der Waals surface area contributed by atoms with Crippen molar-refractivity contribution in [2.75, 3.05) is 0 Å². The highest BCUT2D eigenvalue weighted by Gasteiger charge is 2.38. The Balaban J connectivity index is 1.77. The van der Waals surface area contributed by atoms with Crippen LogP contribution in [-0.2, 0) is 0 Å². The molecule has 2 atom stereocenters. The van der Waals surface area contributed by atoms with Crippen LogP contribution in [-0.4, -0.2) is 11.8 Å². The van der Waals surface area contributed by atoms with Crippen LogP contribution in [0.15, 0.2) is 47.0 Å². The van der Waals surface area contributed by atoms with Crippen molar-refractivity contribution in [3.8, 4) is 0 Å². The predicted octanol–water partition coefficient (Wildman–Crippen LogP) is 4.97. The van der Waals surface area contributed by atoms with Crippen LogP contribution >= 0.6 is 0 Å². The minimum Gasteiger partial charge on any atom is -0.282 e. The number of rotatable bonds is 3. The fourth-order valence-corrected chi connectivity index (χ4v) is 3.41. The molecule has 0 aromatic heterocycles. The molecule has 3 rings (SSSR count). The number of hydrogen-bond donors (Lipinski definition) is 0. The number of fused-ring (bicyclic) bond motifs is 2. The minimum atomic E-state index is 0.115. The van der Waals surface area contributed by atoms with E-state index in [0.717, 1.165) is 5.92 Å². The summed E-state index contributed by atoms with van der Waals surface area (Å²) in [5, 5.41) is 0. The summed E-state index contributed by atoms with van der Waals surface area (Å²) < 4.78 is 0. The normalized spacial score (nSPS) is 29.3. The summed E-state index contributed by atoms with van der Waals surface area (Å²) >= 11 is 0. The Bertz CT molecular complexity index is 579. The van der Waals surface area contributed by atoms with Gasteiger partial charge in [0.25, 0.3) is 0 Å². The van der Waals surface area contributed by atoms with Gasteiger partial charge < -0.3 is 0 Å². The quantitative estimate of drug-likeness (QED) is 0.540. The molecule has 0 N–H and O–H groups in total. The van der Waals surface area contributed by atoms with Crippen LogP contribution in [0.25, 0.3) is 6.08 Å². The maximum Gasteiger partial charge on any atom is 0.0790 e. The van der Waals surface area contributed by atoms with Crippen LogP contribution in [0, 0.1) is 12.8 Å². The number of hydrogen-bond acceptors (Lipinski definition) is 1. The first-order valence-electron chi connectivity index (χ1n) is 7.64. The molecule has 2 unspecified atom stereocenters. The zero-order valence-electron chi connectivity index (χ0n) is 12.5. The van der Waals surface area contributed by atoms with Gasteiger partial charge in [0, 0.05) is 6.21 Å². The molecule has 0 amide bonds. The van der Waals surface area contributed by atoms with E-state index >= 15 is 0 Å². The molecule has 20 heavy (non-hydrogen) atoms. The molecule has 1 saturated carbocycles. The molecular weight excluding hydrogens is 242 g/mol. The van der Waals surface area contributed by atoms with Crippen molar-refractivity contribution in [3.63, 3.8) is 0 Å². The van der Waals surface area contributed by atoms with Gasteiger partial charge in [-0.05, 0) is 62.1 Å². The zero-order chi connectivity index (χ0) is 14.0. The lowest BCUT2D eigenvalue weighted by Gasteiger charge is -2.23. The maximum atomic E-state index is 4.92. The SMILES string of the molecule is C/C(C=NC12C=CCC(CC1)C2)=C\c1ccccc1C. The van der Waals surface area contributed by atoms with Gasteiger partial charge in [-0.1, -0.05) is 42.5 Å². The summed E-state index contributed by atoms with van der Waals surface area (Å²) in [5.74, 6) is 0.873. The maximum absolute atomic E-state index is 4.92. The van der Waals surface area contributed by atoms with Crippen molar-refractivity contribution in [3.05, 3.63) is 53.1 Å². The summed E-state index contributed by atoms with van der Waals surface area (Å²) in [6, 6.07) is 8.49. The molecule has 1 aromatic carbocycles. The Hall–Kier alpha value is -1.63. The second-order valence-corrected chi connectivity index (χ2v) is 6.35. The Morgan fingerprint density at radius 1 is 1.35 bits per heavy atom. The van der Waals surface area contributed by atoms with E-state index in [4.69, 9.17) is 4.99 Å². The van der Waals surface area contributed by atoms with Crippen molar-refractivity contribution < 1.29 is 0 Å². The van der Waals surface area contributed by atoms with Crippen LogP contribution in [0.4, 0.5) is 0 Å². The summed E-state index contributed by atoms with van der Waals surface area (Å²) in [6.45, 7) is 4.30. The van der Waals surface area contributed by atoms with Gasteiger partial charge in [0.1, 0.15) is 0 Å². The van der Waals surface area contributed by atoms with E-state index in [1.807, 2.05) is 0 Å². The molecule has 0 aliphatic heterocycles. The van der Waals surface area contributed by atoms with E-state index in [-0.39, 0.29) is 5.54 Å². The van der Waals surface area contributed by atoms with Crippen molar-refractivity contribution in [2.24, 2.45) is 10.9 Å². The molecule has 1 aromatic rings. The van der Waals surface area contributed by atoms with Gasteiger partial charge in [-0.25, -0.2) is 0 Å². The second-order valence-electron chi connectivity index (χ2n) is 6.35. The third kappa shape index (κ3) is 2.77. The average Bonchev–Trinajstić information content (AvgIpc) is 2.75. The number of nitrogens with zero attached hydrogens (tertiary/aromatic N) is 1. The van der Waals surface area contributed by atoms with E-state index in [1.165, 1.54) is 42.4 Å². The molecule has 1 heteroatoms. The number of aliphatic imine (C=N–C) groups is 1. The van der Waals surface area contributed by atoms with Crippen LogP contribution in [0.5, 0.6) is 0 Å². The summed E-state index contributed by atoms with van der Waals surface area (Å²) in [6.07, 6.45) is 14.0. The Kier molecular flexibility index (Phi) is 3.60. The molecule has 0 spiro atoms. The van der Waals surface area contributed by atoms with E-state index in [2.05, 4.69) is 62.6 Å². The van der Waals surface area contributed by atoms with Gasteiger partial charge in [0.2, 0.25) is 0 Å². The summed E-state index contributed by atoms with van der Waals surface area (Å²) in [7, 11) is 0. The topological polar surface area (TPSA) is 12.4 Å². The van der Waals surface area contributed by atoms with Crippen molar-refractivity contribution in [2.45, 2.75) is 45.1 Å². The van der Waals surface area contributed by atoms with Crippen LogP contribution in [0.3, 0.4) is 0 Å². The highest BCUT2D eigenvalue weighted by atomic mass is 14.9. The van der Waals surface area contributed by atoms with E-state index < -0.39 is 0 Å². The highest BCUT2D eigenvalue weighted by Crippen LogP contribution is 2.43. The van der Waals surface area contributed by atoms with Crippen molar-refractivity contribution in [1.82, 2.24) is 0 Å². The fourth-order valence-electron chi connectivity index (χ4n) is 3.41. The summed E-state index contributed by atoms with van der Waals surface area (Å²) in [4.78, 5) is 4.92. The van der Waals surface area contributed by atoms with Crippen LogP contribution in [0.2, 0.25) is 0 Å². The summed E-state index contributed by atoms with van der Waals surface area (Å²) in [5.41, 5.74) is 3.95. The van der Waals surface area contributed by atoms with Crippen molar-refractivity contribution in [1.29, 1.82) is 0 Å². The molecule has 0 saturated heterocycles. The smallest absolute Gasteiger partial charge is 0.0790 e. The lowest BCUT2D eigenvalue weighted by atomic mass is 9.90. The molecular formula is C19H23N. The number of benzene rings is 1. The Labute approximate surface area is 122 Å². The molecule has 0 heterocycles. The van der Waals surface area contributed by atoms with Gasteiger partial charge >= 0.3 is 0 Å². The third-order valence-corrected chi connectivity index (χ3v) is 4.62. The minimum absolute atomic E-state index is 0.115. The van der Waals surface area contributed by atoms with Crippen LogP contribution < -0.4 is 0 Å². The molecule has 2 aliphatic rings. The highest BCUT2D eigenvalue weighted by molar-refractivity contribution is 5.85. The lowest BCUT2D eigenvalue weighted by Crippen LogP contribution is -2.21. The molecule has 0 radical (unpaired) electrons. The van der Waals surface area contributed by atoms with Gasteiger partial charge in [0.15, 0.2) is 0 Å². The molecule has 2 aliphatic carbocycles. The molecule has 1 nitrogen and oxygen atoms in total. The number of allylic oxidation sites excluding steroid dienone is 2. The lowest BCUT2D eigenvalue weighted by molar-refractivity contribution is 0.474. The standard InChI is InChI=1S/C19H23N/c1-15(12-18-8-4-3-6-16(18)2)14-20-19-10-5-7-17(13-19)9-11-19/h3-6,8,10,12,14,17H,7,9,11,13H2,1-2H3/b15-12+,20-14?. The third-order valence-electron chi connectivity index (χ3n) is 4.62. The zero-order valence-corrected chi connectivity index (χ0v) is 12.5. The molecule has 2 bridgehead atoms. The van der Waals surface area contributed by atoms with Gasteiger partial charge in [-0.15, -0.1) is 0 Å². The van der Waals surface area contributed by atoms with E-state index in [9.17, 15) is 0 Å². The monoisotopic (exact) mass is 265 g/mol. The first-order chi connectivity index (χ1) is 9.67. The van der Waals surface area contributed by atoms with Gasteiger partial charge in [0.05, 0.1) is 5.54 Å². The largest absolute Gasteiger partial charge is 0.282 e. The first-order valence-corrected chi connectivity index (χ1v) is 7.64. The van der Waals surface area contributed by atoms with Crippen molar-refractivity contribution >= 4 is 12.3 Å². The van der Waals surface area contributed by atoms with E-state index in [1.54, 1.807) is 0 Å². The Morgan fingerprint density at radius 2 is 2.20 bits per heavy atom.